The van der Waals surface area contributed by atoms with Gasteiger partial charge in [-0.15, -0.1) is 0 Å². The molecular formula is C16H33N3. The first kappa shape index (κ1) is 15.3. The lowest BCUT2D eigenvalue weighted by Crippen LogP contribution is -2.49. The fourth-order valence-corrected chi connectivity index (χ4v) is 3.75. The standard InChI is InChI=1S/C16H33N3/c1-14(17-3)13-15(2)18-11-7-16(8-12-18)19-9-5-4-6-10-19/h14-17H,4-13H2,1-3H3. The highest BCUT2D eigenvalue weighted by atomic mass is 15.2. The minimum absolute atomic E-state index is 0.634. The normalized spacial score (nSPS) is 27.3. The summed E-state index contributed by atoms with van der Waals surface area (Å²) in [6.07, 6.45) is 8.35. The van der Waals surface area contributed by atoms with E-state index in [4.69, 9.17) is 0 Å². The number of piperidine rings is 2. The van der Waals surface area contributed by atoms with Gasteiger partial charge in [0.15, 0.2) is 0 Å². The molecule has 0 saturated carbocycles. The van der Waals surface area contributed by atoms with Crippen molar-refractivity contribution in [3.8, 4) is 0 Å². The van der Waals surface area contributed by atoms with Crippen molar-refractivity contribution in [2.24, 2.45) is 0 Å². The Bertz CT molecular complexity index is 242. The Morgan fingerprint density at radius 2 is 1.63 bits per heavy atom. The molecule has 3 nitrogen and oxygen atoms in total. The molecule has 2 aliphatic rings. The van der Waals surface area contributed by atoms with Gasteiger partial charge in [0.25, 0.3) is 0 Å². The van der Waals surface area contributed by atoms with Gasteiger partial charge in [-0.3, -0.25) is 0 Å². The summed E-state index contributed by atoms with van der Waals surface area (Å²) >= 11 is 0. The van der Waals surface area contributed by atoms with Crippen LogP contribution in [0.3, 0.4) is 0 Å². The summed E-state index contributed by atoms with van der Waals surface area (Å²) in [5.74, 6) is 0. The van der Waals surface area contributed by atoms with E-state index < -0.39 is 0 Å². The van der Waals surface area contributed by atoms with Crippen molar-refractivity contribution in [3.05, 3.63) is 0 Å². The van der Waals surface area contributed by atoms with E-state index in [9.17, 15) is 0 Å². The second-order valence-corrected chi connectivity index (χ2v) is 6.64. The zero-order valence-electron chi connectivity index (χ0n) is 13.2. The minimum Gasteiger partial charge on any atom is -0.317 e. The van der Waals surface area contributed by atoms with Gasteiger partial charge in [-0.25, -0.2) is 0 Å². The van der Waals surface area contributed by atoms with Crippen LogP contribution < -0.4 is 5.32 Å². The van der Waals surface area contributed by atoms with Crippen molar-refractivity contribution in [2.75, 3.05) is 33.2 Å². The zero-order valence-corrected chi connectivity index (χ0v) is 13.2. The summed E-state index contributed by atoms with van der Waals surface area (Å²) in [4.78, 5) is 5.47. The Kier molecular flexibility index (Phi) is 6.11. The number of hydrogen-bond acceptors (Lipinski definition) is 3. The number of hydrogen-bond donors (Lipinski definition) is 1. The van der Waals surface area contributed by atoms with E-state index in [0.29, 0.717) is 6.04 Å². The van der Waals surface area contributed by atoms with Gasteiger partial charge >= 0.3 is 0 Å². The molecule has 0 aromatic rings. The Morgan fingerprint density at radius 1 is 1.00 bits per heavy atom. The van der Waals surface area contributed by atoms with Crippen molar-refractivity contribution in [1.29, 1.82) is 0 Å². The molecule has 0 spiro atoms. The Balaban J connectivity index is 1.72. The zero-order chi connectivity index (χ0) is 13.7. The van der Waals surface area contributed by atoms with Crippen molar-refractivity contribution in [3.63, 3.8) is 0 Å². The molecule has 1 N–H and O–H groups in total. The number of rotatable bonds is 5. The highest BCUT2D eigenvalue weighted by molar-refractivity contribution is 4.84. The number of nitrogens with zero attached hydrogens (tertiary/aromatic N) is 2. The van der Waals surface area contributed by atoms with Crippen LogP contribution in [0.1, 0.15) is 52.4 Å². The Labute approximate surface area is 119 Å². The molecule has 2 aliphatic heterocycles. The Morgan fingerprint density at radius 3 is 2.21 bits per heavy atom. The fraction of sp³-hybridized carbons (Fsp3) is 1.00. The predicted octanol–water partition coefficient (Wildman–Crippen LogP) is 2.32. The number of nitrogens with one attached hydrogen (secondary N) is 1. The molecule has 0 radical (unpaired) electrons. The maximum Gasteiger partial charge on any atom is 0.0120 e. The molecule has 2 fully saturated rings. The average Bonchev–Trinajstić information content (AvgIpc) is 2.48. The van der Waals surface area contributed by atoms with Gasteiger partial charge in [0, 0.05) is 18.1 Å². The van der Waals surface area contributed by atoms with Crippen molar-refractivity contribution < 1.29 is 0 Å². The second kappa shape index (κ2) is 7.61. The van der Waals surface area contributed by atoms with Crippen LogP contribution in [0.4, 0.5) is 0 Å². The monoisotopic (exact) mass is 267 g/mol. The third-order valence-corrected chi connectivity index (χ3v) is 5.22. The molecule has 3 heteroatoms. The fourth-order valence-electron chi connectivity index (χ4n) is 3.75. The van der Waals surface area contributed by atoms with Crippen LogP contribution in [-0.4, -0.2) is 61.2 Å². The molecule has 2 heterocycles. The quantitative estimate of drug-likeness (QED) is 0.825. The second-order valence-electron chi connectivity index (χ2n) is 6.64. The molecule has 0 aliphatic carbocycles. The van der Waals surface area contributed by atoms with Crippen LogP contribution in [0.15, 0.2) is 0 Å². The molecule has 2 atom stereocenters. The van der Waals surface area contributed by atoms with Crippen molar-refractivity contribution >= 4 is 0 Å². The molecule has 2 unspecified atom stereocenters. The molecular weight excluding hydrogens is 234 g/mol. The first-order valence-electron chi connectivity index (χ1n) is 8.36. The van der Waals surface area contributed by atoms with E-state index in [1.54, 1.807) is 0 Å². The van der Waals surface area contributed by atoms with Gasteiger partial charge in [0.2, 0.25) is 0 Å². The molecule has 0 bridgehead atoms. The summed E-state index contributed by atoms with van der Waals surface area (Å²) in [5.41, 5.74) is 0. The largest absolute Gasteiger partial charge is 0.317 e. The topological polar surface area (TPSA) is 18.5 Å². The molecule has 19 heavy (non-hydrogen) atoms. The molecule has 0 aromatic carbocycles. The number of likely N-dealkylation sites (tertiary alicyclic amines) is 2. The SMILES string of the molecule is CNC(C)CC(C)N1CCC(N2CCCCC2)CC1. The van der Waals surface area contributed by atoms with E-state index in [0.717, 1.165) is 12.1 Å². The molecule has 112 valence electrons. The highest BCUT2D eigenvalue weighted by Crippen LogP contribution is 2.22. The van der Waals surface area contributed by atoms with Crippen molar-refractivity contribution in [2.45, 2.75) is 70.5 Å². The van der Waals surface area contributed by atoms with Gasteiger partial charge in [-0.05, 0) is 79.2 Å². The minimum atomic E-state index is 0.634. The van der Waals surface area contributed by atoms with E-state index in [1.807, 2.05) is 0 Å². The lowest BCUT2D eigenvalue weighted by atomic mass is 9.98. The van der Waals surface area contributed by atoms with Crippen LogP contribution in [0.5, 0.6) is 0 Å². The maximum atomic E-state index is 3.36. The highest BCUT2D eigenvalue weighted by Gasteiger charge is 2.27. The van der Waals surface area contributed by atoms with Crippen LogP contribution in [0, 0.1) is 0 Å². The third kappa shape index (κ3) is 4.44. The van der Waals surface area contributed by atoms with E-state index in [2.05, 4.69) is 36.0 Å². The summed E-state index contributed by atoms with van der Waals surface area (Å²) < 4.78 is 0. The van der Waals surface area contributed by atoms with E-state index in [1.165, 1.54) is 64.7 Å². The first-order valence-corrected chi connectivity index (χ1v) is 8.36. The summed E-state index contributed by atoms with van der Waals surface area (Å²) in [6.45, 7) is 10.0. The van der Waals surface area contributed by atoms with Crippen molar-refractivity contribution in [1.82, 2.24) is 15.1 Å². The van der Waals surface area contributed by atoms with Crippen LogP contribution in [0.25, 0.3) is 0 Å². The predicted molar refractivity (Wildman–Crippen MR) is 82.6 cm³/mol. The molecule has 2 rings (SSSR count). The average molecular weight is 267 g/mol. The van der Waals surface area contributed by atoms with Crippen LogP contribution in [0.2, 0.25) is 0 Å². The molecule has 2 saturated heterocycles. The maximum absolute atomic E-state index is 3.36. The van der Waals surface area contributed by atoms with E-state index >= 15 is 0 Å². The van der Waals surface area contributed by atoms with Gasteiger partial charge in [0.05, 0.1) is 0 Å². The summed E-state index contributed by atoms with van der Waals surface area (Å²) in [5, 5.41) is 3.36. The third-order valence-electron chi connectivity index (χ3n) is 5.22. The van der Waals surface area contributed by atoms with Crippen LogP contribution >= 0.6 is 0 Å². The first-order chi connectivity index (χ1) is 9.20. The lowest BCUT2D eigenvalue weighted by molar-refractivity contribution is 0.0721. The smallest absolute Gasteiger partial charge is 0.0120 e. The Hall–Kier alpha value is -0.120. The van der Waals surface area contributed by atoms with E-state index in [-0.39, 0.29) is 0 Å². The summed E-state index contributed by atoms with van der Waals surface area (Å²) in [7, 11) is 2.07. The van der Waals surface area contributed by atoms with Gasteiger partial charge in [0.1, 0.15) is 0 Å². The summed E-state index contributed by atoms with van der Waals surface area (Å²) in [6, 6.07) is 2.24. The molecule has 0 aromatic heterocycles. The van der Waals surface area contributed by atoms with Crippen LogP contribution in [-0.2, 0) is 0 Å². The van der Waals surface area contributed by atoms with Gasteiger partial charge in [-0.1, -0.05) is 6.42 Å². The molecule has 0 amide bonds. The van der Waals surface area contributed by atoms with Gasteiger partial charge in [-0.2, -0.15) is 0 Å². The van der Waals surface area contributed by atoms with Gasteiger partial charge < -0.3 is 15.1 Å². The lowest BCUT2D eigenvalue weighted by Gasteiger charge is -2.42.